The Hall–Kier alpha value is -2.85. The molecule has 1 aliphatic rings. The van der Waals surface area contributed by atoms with E-state index in [1.807, 2.05) is 18.2 Å². The Kier molecular flexibility index (Phi) is 8.59. The second-order valence-corrected chi connectivity index (χ2v) is 11.5. The fourth-order valence-corrected chi connectivity index (χ4v) is 5.24. The monoisotopic (exact) mass is 504 g/mol. The summed E-state index contributed by atoms with van der Waals surface area (Å²) < 4.78 is 32.6. The predicted octanol–water partition coefficient (Wildman–Crippen LogP) is 9.11. The molecule has 0 radical (unpaired) electrons. The van der Waals surface area contributed by atoms with Crippen molar-refractivity contribution in [2.45, 2.75) is 72.0 Å². The van der Waals surface area contributed by atoms with Crippen LogP contribution in [0.15, 0.2) is 60.7 Å². The molecule has 198 valence electrons. The van der Waals surface area contributed by atoms with Crippen molar-refractivity contribution in [2.75, 3.05) is 14.2 Å². The van der Waals surface area contributed by atoms with Crippen LogP contribution in [0.3, 0.4) is 0 Å². The van der Waals surface area contributed by atoms with Crippen molar-refractivity contribution in [3.63, 3.8) is 0 Å². The predicted molar refractivity (Wildman–Crippen MR) is 149 cm³/mol. The highest BCUT2D eigenvalue weighted by Crippen LogP contribution is 2.44. The number of benzene rings is 3. The van der Waals surface area contributed by atoms with Gasteiger partial charge in [0, 0.05) is 18.2 Å². The van der Waals surface area contributed by atoms with E-state index in [1.54, 1.807) is 26.4 Å². The van der Waals surface area contributed by atoms with Crippen LogP contribution in [0, 0.1) is 17.2 Å². The van der Waals surface area contributed by atoms with Crippen LogP contribution < -0.4 is 9.47 Å². The fourth-order valence-electron chi connectivity index (χ4n) is 5.24. The number of hydrogen-bond donors (Lipinski definition) is 0. The first kappa shape index (κ1) is 27.2. The SMILES string of the molecule is CCC(c1cccc(COc2ccc(-c3cc(OC)ccc3F)cc2C(CC(C)(C)C)OC)c1)C1CC1. The first-order valence-corrected chi connectivity index (χ1v) is 13.4. The zero-order valence-corrected chi connectivity index (χ0v) is 23.1. The summed E-state index contributed by atoms with van der Waals surface area (Å²) >= 11 is 0. The standard InChI is InChI=1S/C33H41FO3/c1-7-27(23-11-12-23)24-10-8-9-22(17-24)21-37-31-16-13-25(28-19-26(35-5)14-15-30(28)34)18-29(31)32(36-6)20-33(2,3)4/h8-10,13-19,23,27,32H,7,11-12,20-21H2,1-6H3. The number of halogens is 1. The second kappa shape index (κ2) is 11.7. The van der Waals surface area contributed by atoms with Gasteiger partial charge in [-0.15, -0.1) is 0 Å². The van der Waals surface area contributed by atoms with E-state index in [1.165, 1.54) is 30.9 Å². The van der Waals surface area contributed by atoms with E-state index >= 15 is 0 Å². The van der Waals surface area contributed by atoms with Crippen molar-refractivity contribution in [3.8, 4) is 22.6 Å². The average Bonchev–Trinajstić information content (AvgIpc) is 3.72. The number of rotatable bonds is 11. The zero-order valence-electron chi connectivity index (χ0n) is 23.1. The molecule has 0 aliphatic heterocycles. The molecule has 0 aromatic heterocycles. The molecule has 0 bridgehead atoms. The molecule has 4 rings (SSSR count). The van der Waals surface area contributed by atoms with Crippen LogP contribution in [0.2, 0.25) is 0 Å². The first-order chi connectivity index (χ1) is 17.7. The van der Waals surface area contributed by atoms with Gasteiger partial charge in [0.1, 0.15) is 23.9 Å². The maximum atomic E-state index is 14.8. The first-order valence-electron chi connectivity index (χ1n) is 13.4. The lowest BCUT2D eigenvalue weighted by molar-refractivity contribution is 0.0632. The molecule has 2 atom stereocenters. The van der Waals surface area contributed by atoms with Gasteiger partial charge in [0.2, 0.25) is 0 Å². The average molecular weight is 505 g/mol. The largest absolute Gasteiger partial charge is 0.497 e. The van der Waals surface area contributed by atoms with Crippen LogP contribution >= 0.6 is 0 Å². The molecule has 1 fully saturated rings. The van der Waals surface area contributed by atoms with Gasteiger partial charge >= 0.3 is 0 Å². The molecule has 1 saturated carbocycles. The summed E-state index contributed by atoms with van der Waals surface area (Å²) in [7, 11) is 3.32. The van der Waals surface area contributed by atoms with E-state index < -0.39 is 0 Å². The lowest BCUT2D eigenvalue weighted by atomic mass is 9.86. The number of hydrogen-bond acceptors (Lipinski definition) is 3. The summed E-state index contributed by atoms with van der Waals surface area (Å²) in [6.45, 7) is 9.34. The van der Waals surface area contributed by atoms with Crippen LogP contribution in [-0.4, -0.2) is 14.2 Å². The van der Waals surface area contributed by atoms with Gasteiger partial charge in [0.25, 0.3) is 0 Å². The molecule has 0 amide bonds. The highest BCUT2D eigenvalue weighted by atomic mass is 19.1. The quantitative estimate of drug-likeness (QED) is 0.261. The van der Waals surface area contributed by atoms with Gasteiger partial charge in [-0.05, 0) is 90.0 Å². The van der Waals surface area contributed by atoms with Crippen molar-refractivity contribution >= 4 is 0 Å². The van der Waals surface area contributed by atoms with Gasteiger partial charge in [0.15, 0.2) is 0 Å². The second-order valence-electron chi connectivity index (χ2n) is 11.5. The topological polar surface area (TPSA) is 27.7 Å². The van der Waals surface area contributed by atoms with Gasteiger partial charge in [0.05, 0.1) is 13.2 Å². The molecule has 37 heavy (non-hydrogen) atoms. The molecule has 3 aromatic carbocycles. The molecule has 0 heterocycles. The highest BCUT2D eigenvalue weighted by molar-refractivity contribution is 5.68. The van der Waals surface area contributed by atoms with E-state index in [0.29, 0.717) is 23.8 Å². The van der Waals surface area contributed by atoms with Gasteiger partial charge in [-0.25, -0.2) is 4.39 Å². The summed E-state index contributed by atoms with van der Waals surface area (Å²) in [5.74, 6) is 2.56. The van der Waals surface area contributed by atoms with Crippen molar-refractivity contribution in [1.82, 2.24) is 0 Å². The molecule has 0 N–H and O–H groups in total. The Morgan fingerprint density at radius 3 is 2.41 bits per heavy atom. The molecular weight excluding hydrogens is 463 g/mol. The summed E-state index contributed by atoms with van der Waals surface area (Å²) in [5, 5.41) is 0. The molecule has 4 heteroatoms. The van der Waals surface area contributed by atoms with Gasteiger partial charge in [-0.3, -0.25) is 0 Å². The van der Waals surface area contributed by atoms with Gasteiger partial charge in [-0.2, -0.15) is 0 Å². The van der Waals surface area contributed by atoms with E-state index in [-0.39, 0.29) is 17.3 Å². The zero-order chi connectivity index (χ0) is 26.6. The van der Waals surface area contributed by atoms with Crippen molar-refractivity contribution in [2.24, 2.45) is 11.3 Å². The Morgan fingerprint density at radius 1 is 0.973 bits per heavy atom. The van der Waals surface area contributed by atoms with E-state index in [0.717, 1.165) is 34.8 Å². The summed E-state index contributed by atoms with van der Waals surface area (Å²) in [6.07, 6.45) is 4.47. The normalized spacial score (nSPS) is 15.3. The van der Waals surface area contributed by atoms with Crippen LogP contribution in [0.1, 0.15) is 82.1 Å². The van der Waals surface area contributed by atoms with E-state index in [9.17, 15) is 4.39 Å². The molecule has 3 aromatic rings. The number of methoxy groups -OCH3 is 2. The fraction of sp³-hybridized carbons (Fsp3) is 0.455. The highest BCUT2D eigenvalue weighted by Gasteiger charge is 2.31. The summed E-state index contributed by atoms with van der Waals surface area (Å²) in [4.78, 5) is 0. The summed E-state index contributed by atoms with van der Waals surface area (Å²) in [5.41, 5.74) is 4.82. The van der Waals surface area contributed by atoms with Crippen LogP contribution in [0.5, 0.6) is 11.5 Å². The summed E-state index contributed by atoms with van der Waals surface area (Å²) in [6, 6.07) is 19.5. The Balaban J connectivity index is 1.65. The van der Waals surface area contributed by atoms with Crippen molar-refractivity contribution < 1.29 is 18.6 Å². The van der Waals surface area contributed by atoms with Gasteiger partial charge in [-0.1, -0.05) is 58.0 Å². The van der Waals surface area contributed by atoms with Crippen molar-refractivity contribution in [3.05, 3.63) is 83.2 Å². The lowest BCUT2D eigenvalue weighted by Gasteiger charge is -2.27. The third kappa shape index (κ3) is 6.93. The Labute approximate surface area is 222 Å². The van der Waals surface area contributed by atoms with E-state index in [4.69, 9.17) is 14.2 Å². The number of ether oxygens (including phenoxy) is 3. The third-order valence-electron chi connectivity index (χ3n) is 7.33. The van der Waals surface area contributed by atoms with Crippen LogP contribution in [0.25, 0.3) is 11.1 Å². The minimum atomic E-state index is -0.289. The smallest absolute Gasteiger partial charge is 0.131 e. The Morgan fingerprint density at radius 2 is 1.76 bits per heavy atom. The molecule has 2 unspecified atom stereocenters. The van der Waals surface area contributed by atoms with Crippen LogP contribution in [0.4, 0.5) is 4.39 Å². The van der Waals surface area contributed by atoms with Crippen molar-refractivity contribution in [1.29, 1.82) is 0 Å². The minimum Gasteiger partial charge on any atom is -0.497 e. The Bertz CT molecular complexity index is 1190. The van der Waals surface area contributed by atoms with E-state index in [2.05, 4.69) is 52.0 Å². The molecule has 0 spiro atoms. The third-order valence-corrected chi connectivity index (χ3v) is 7.33. The maximum Gasteiger partial charge on any atom is 0.131 e. The molecule has 1 aliphatic carbocycles. The minimum absolute atomic E-state index is 0.0431. The molecular formula is C33H41FO3. The van der Waals surface area contributed by atoms with Gasteiger partial charge < -0.3 is 14.2 Å². The lowest BCUT2D eigenvalue weighted by Crippen LogP contribution is -2.15. The maximum absolute atomic E-state index is 14.8. The molecule has 3 nitrogen and oxygen atoms in total. The molecule has 0 saturated heterocycles. The van der Waals surface area contributed by atoms with Crippen LogP contribution in [-0.2, 0) is 11.3 Å².